The number of nitrogens with zero attached hydrogens (tertiary/aromatic N) is 2. The summed E-state index contributed by atoms with van der Waals surface area (Å²) in [6.07, 6.45) is 0.251. The minimum absolute atomic E-state index is 0.237. The van der Waals surface area contributed by atoms with E-state index in [1.165, 1.54) is 24.3 Å². The minimum atomic E-state index is -1.35. The van der Waals surface area contributed by atoms with E-state index in [4.69, 9.17) is 4.74 Å². The molecule has 3 aromatic carbocycles. The number of urea groups is 1. The van der Waals surface area contributed by atoms with Gasteiger partial charge in [0.1, 0.15) is 30.3 Å². The molecule has 0 spiro atoms. The van der Waals surface area contributed by atoms with Crippen molar-refractivity contribution in [1.82, 2.24) is 10.2 Å². The van der Waals surface area contributed by atoms with Crippen LogP contribution in [0.2, 0.25) is 0 Å². The summed E-state index contributed by atoms with van der Waals surface area (Å²) < 4.78 is 19.4. The molecule has 2 atom stereocenters. The molecule has 8 heteroatoms. The van der Waals surface area contributed by atoms with Gasteiger partial charge in [-0.05, 0) is 41.8 Å². The number of hydrogen-bond donors (Lipinski definition) is 1. The average molecular weight is 474 g/mol. The van der Waals surface area contributed by atoms with Crippen molar-refractivity contribution in [1.29, 1.82) is 0 Å². The fraction of sp³-hybridized carbons (Fsp3) is 0.222. The number of halogens is 1. The summed E-state index contributed by atoms with van der Waals surface area (Å²) >= 11 is 0. The number of rotatable bonds is 5. The third kappa shape index (κ3) is 3.80. The Hall–Kier alpha value is -4.20. The molecule has 3 aromatic rings. The van der Waals surface area contributed by atoms with E-state index in [2.05, 4.69) is 5.32 Å². The molecule has 2 aliphatic rings. The van der Waals surface area contributed by atoms with Crippen molar-refractivity contribution in [2.75, 3.05) is 18.1 Å². The highest BCUT2D eigenvalue weighted by atomic mass is 19.1. The number of nitrogens with one attached hydrogen (secondary N) is 1. The van der Waals surface area contributed by atoms with Crippen molar-refractivity contribution < 1.29 is 23.5 Å². The molecular weight excluding hydrogens is 449 g/mol. The largest absolute Gasteiger partial charge is 0.489 e. The Bertz CT molecular complexity index is 1280. The molecule has 35 heavy (non-hydrogen) atoms. The van der Waals surface area contributed by atoms with Crippen LogP contribution in [0.5, 0.6) is 5.75 Å². The van der Waals surface area contributed by atoms with Gasteiger partial charge in [0.05, 0.1) is 11.7 Å². The average Bonchev–Trinajstić information content (AvgIpc) is 3.14. The molecule has 1 N–H and O–H groups in total. The third-order valence-electron chi connectivity index (χ3n) is 6.62. The van der Waals surface area contributed by atoms with E-state index in [9.17, 15) is 18.8 Å². The Kier molecular flexibility index (Phi) is 5.72. The van der Waals surface area contributed by atoms with Crippen LogP contribution >= 0.6 is 0 Å². The zero-order chi connectivity index (χ0) is 24.6. The SMILES string of the molecule is CC[C@]1(c2ccc(F)cc2)NC(=O)N(CC(=O)N2c3ccccc3OC[C@@H]2c2ccccc2)C1=O. The van der Waals surface area contributed by atoms with Gasteiger partial charge in [0.25, 0.3) is 5.91 Å². The van der Waals surface area contributed by atoms with Crippen molar-refractivity contribution in [2.24, 2.45) is 0 Å². The maximum absolute atomic E-state index is 13.7. The van der Waals surface area contributed by atoms with Crippen molar-refractivity contribution >= 4 is 23.5 Å². The molecule has 0 unspecified atom stereocenters. The zero-order valence-corrected chi connectivity index (χ0v) is 19.1. The molecule has 4 amide bonds. The van der Waals surface area contributed by atoms with E-state index in [0.29, 0.717) is 17.0 Å². The highest BCUT2D eigenvalue weighted by Gasteiger charge is 2.52. The van der Waals surface area contributed by atoms with Gasteiger partial charge < -0.3 is 10.1 Å². The highest BCUT2D eigenvalue weighted by Crippen LogP contribution is 2.40. The standard InChI is InChI=1S/C27H24FN3O4/c1-2-27(19-12-14-20(28)15-13-19)25(33)30(26(34)29-27)16-24(32)31-21-10-6-7-11-23(21)35-17-22(31)18-8-4-3-5-9-18/h3-15,22H,2,16-17H2,1H3,(H,29,34)/t22-,27-/m1/s1. The quantitative estimate of drug-likeness (QED) is 0.565. The monoisotopic (exact) mass is 473 g/mol. The lowest BCUT2D eigenvalue weighted by molar-refractivity contribution is -0.135. The first-order chi connectivity index (χ1) is 16.9. The lowest BCUT2D eigenvalue weighted by atomic mass is 9.87. The Morgan fingerprint density at radius 1 is 1.03 bits per heavy atom. The summed E-state index contributed by atoms with van der Waals surface area (Å²) in [4.78, 5) is 42.7. The molecule has 0 saturated carbocycles. The van der Waals surface area contributed by atoms with Crippen LogP contribution in [-0.2, 0) is 15.1 Å². The first-order valence-corrected chi connectivity index (χ1v) is 11.4. The van der Waals surface area contributed by atoms with E-state index in [-0.39, 0.29) is 13.0 Å². The number of carbonyl (C=O) groups is 3. The summed E-state index contributed by atoms with van der Waals surface area (Å²) in [5, 5.41) is 2.74. The highest BCUT2D eigenvalue weighted by molar-refractivity contribution is 6.11. The summed E-state index contributed by atoms with van der Waals surface area (Å²) in [6.45, 7) is 1.56. The summed E-state index contributed by atoms with van der Waals surface area (Å²) in [6, 6.07) is 21.0. The van der Waals surface area contributed by atoms with Crippen molar-refractivity contribution in [3.05, 3.63) is 95.8 Å². The van der Waals surface area contributed by atoms with Crippen LogP contribution in [0.3, 0.4) is 0 Å². The van der Waals surface area contributed by atoms with E-state index in [1.807, 2.05) is 36.4 Å². The maximum atomic E-state index is 13.7. The first kappa shape index (κ1) is 22.6. The van der Waals surface area contributed by atoms with E-state index in [0.717, 1.165) is 10.5 Å². The first-order valence-electron chi connectivity index (χ1n) is 11.4. The van der Waals surface area contributed by atoms with Crippen LogP contribution in [-0.4, -0.2) is 35.9 Å². The smallest absolute Gasteiger partial charge is 0.325 e. The number of para-hydroxylation sites is 2. The van der Waals surface area contributed by atoms with Gasteiger partial charge in [-0.15, -0.1) is 0 Å². The van der Waals surface area contributed by atoms with Crippen LogP contribution in [0.4, 0.5) is 14.9 Å². The molecule has 1 fully saturated rings. The van der Waals surface area contributed by atoms with Gasteiger partial charge in [-0.1, -0.05) is 61.5 Å². The summed E-state index contributed by atoms with van der Waals surface area (Å²) in [7, 11) is 0. The second-order valence-electron chi connectivity index (χ2n) is 8.56. The van der Waals surface area contributed by atoms with Gasteiger partial charge in [-0.3, -0.25) is 19.4 Å². The van der Waals surface area contributed by atoms with Crippen LogP contribution in [0, 0.1) is 5.82 Å². The second-order valence-corrected chi connectivity index (χ2v) is 8.56. The molecular formula is C27H24FN3O4. The van der Waals surface area contributed by atoms with E-state index in [1.54, 1.807) is 30.0 Å². The number of hydrogen-bond acceptors (Lipinski definition) is 4. The predicted octanol–water partition coefficient (Wildman–Crippen LogP) is 4.15. The number of carbonyl (C=O) groups excluding carboxylic acids is 3. The van der Waals surface area contributed by atoms with Gasteiger partial charge in [0.15, 0.2) is 0 Å². The van der Waals surface area contributed by atoms with E-state index < -0.39 is 41.8 Å². The lowest BCUT2D eigenvalue weighted by Gasteiger charge is -2.37. The van der Waals surface area contributed by atoms with Crippen molar-refractivity contribution in [3.63, 3.8) is 0 Å². The number of imide groups is 1. The van der Waals surface area contributed by atoms with E-state index >= 15 is 0 Å². The van der Waals surface area contributed by atoms with Crippen LogP contribution < -0.4 is 15.0 Å². The van der Waals surface area contributed by atoms with Crippen LogP contribution in [0.15, 0.2) is 78.9 Å². The maximum Gasteiger partial charge on any atom is 0.325 e. The molecule has 178 valence electrons. The Balaban J connectivity index is 1.47. The van der Waals surface area contributed by atoms with Gasteiger partial charge >= 0.3 is 6.03 Å². The fourth-order valence-corrected chi connectivity index (χ4v) is 4.77. The zero-order valence-electron chi connectivity index (χ0n) is 19.1. The molecule has 0 radical (unpaired) electrons. The molecule has 0 aliphatic carbocycles. The normalized spacial score (nSPS) is 21.4. The Labute approximate surface area is 202 Å². The third-order valence-corrected chi connectivity index (χ3v) is 6.62. The van der Waals surface area contributed by atoms with Gasteiger partial charge in [0, 0.05) is 0 Å². The van der Waals surface area contributed by atoms with Gasteiger partial charge in [-0.2, -0.15) is 0 Å². The molecule has 0 aromatic heterocycles. The van der Waals surface area contributed by atoms with Crippen LogP contribution in [0.25, 0.3) is 0 Å². The summed E-state index contributed by atoms with van der Waals surface area (Å²) in [5.41, 5.74) is 0.563. The lowest BCUT2D eigenvalue weighted by Crippen LogP contribution is -2.48. The van der Waals surface area contributed by atoms with Gasteiger partial charge in [-0.25, -0.2) is 9.18 Å². The van der Waals surface area contributed by atoms with Crippen molar-refractivity contribution in [3.8, 4) is 5.75 Å². The number of anilines is 1. The van der Waals surface area contributed by atoms with Gasteiger partial charge in [0.2, 0.25) is 5.91 Å². The minimum Gasteiger partial charge on any atom is -0.489 e. The second kappa shape index (κ2) is 8.87. The fourth-order valence-electron chi connectivity index (χ4n) is 4.77. The number of fused-ring (bicyclic) bond motifs is 1. The molecule has 7 nitrogen and oxygen atoms in total. The molecule has 2 heterocycles. The van der Waals surface area contributed by atoms with Crippen LogP contribution in [0.1, 0.15) is 30.5 Å². The number of amides is 4. The Morgan fingerprint density at radius 3 is 2.43 bits per heavy atom. The number of benzene rings is 3. The Morgan fingerprint density at radius 2 is 1.71 bits per heavy atom. The topological polar surface area (TPSA) is 79.0 Å². The molecule has 5 rings (SSSR count). The molecule has 2 aliphatic heterocycles. The van der Waals surface area contributed by atoms with Crippen molar-refractivity contribution in [2.45, 2.75) is 24.9 Å². The predicted molar refractivity (Wildman–Crippen MR) is 127 cm³/mol. The number of ether oxygens (including phenoxy) is 1. The molecule has 1 saturated heterocycles. The molecule has 0 bridgehead atoms. The summed E-state index contributed by atoms with van der Waals surface area (Å²) in [5.74, 6) is -0.840.